The van der Waals surface area contributed by atoms with Gasteiger partial charge in [-0.15, -0.1) is 11.6 Å². The van der Waals surface area contributed by atoms with Crippen molar-refractivity contribution in [3.05, 3.63) is 0 Å². The molecule has 5 heteroatoms. The van der Waals surface area contributed by atoms with Crippen LogP contribution >= 0.6 is 11.6 Å². The third-order valence-electron chi connectivity index (χ3n) is 2.77. The standard InChI is InChI=1S/C9H18ClNO2S/c1-8-4-3-5-9(2)11(8)14(12,13)7-6-10/h8-9H,3-7H2,1-2H3/t8-,9+. The summed E-state index contributed by atoms with van der Waals surface area (Å²) in [6, 6.07) is 0.263. The highest BCUT2D eigenvalue weighted by atomic mass is 35.5. The number of piperidine rings is 1. The number of rotatable bonds is 3. The van der Waals surface area contributed by atoms with Gasteiger partial charge in [-0.25, -0.2) is 8.42 Å². The summed E-state index contributed by atoms with van der Waals surface area (Å²) in [5.41, 5.74) is 0. The second kappa shape index (κ2) is 4.81. The van der Waals surface area contributed by atoms with E-state index in [4.69, 9.17) is 11.6 Å². The Kier molecular flexibility index (Phi) is 4.22. The molecule has 1 saturated heterocycles. The monoisotopic (exact) mass is 239 g/mol. The van der Waals surface area contributed by atoms with E-state index in [0.717, 1.165) is 19.3 Å². The van der Waals surface area contributed by atoms with E-state index in [2.05, 4.69) is 0 Å². The SMILES string of the molecule is C[C@@H]1CCC[C@H](C)N1S(=O)(=O)CCCl. The number of halogens is 1. The molecule has 14 heavy (non-hydrogen) atoms. The molecule has 84 valence electrons. The molecule has 1 heterocycles. The second-order valence-corrected chi connectivity index (χ2v) is 6.34. The van der Waals surface area contributed by atoms with Crippen molar-refractivity contribution in [2.45, 2.75) is 45.2 Å². The minimum absolute atomic E-state index is 0.0588. The van der Waals surface area contributed by atoms with Crippen LogP contribution in [0.15, 0.2) is 0 Å². The third kappa shape index (κ3) is 2.61. The number of sulfonamides is 1. The van der Waals surface area contributed by atoms with Crippen LogP contribution in [0, 0.1) is 0 Å². The molecule has 0 spiro atoms. The molecule has 0 aromatic carbocycles. The van der Waals surface area contributed by atoms with E-state index < -0.39 is 10.0 Å². The molecular formula is C9H18ClNO2S. The van der Waals surface area contributed by atoms with Gasteiger partial charge in [-0.2, -0.15) is 4.31 Å². The quantitative estimate of drug-likeness (QED) is 0.705. The lowest BCUT2D eigenvalue weighted by Crippen LogP contribution is -2.48. The van der Waals surface area contributed by atoms with Gasteiger partial charge in [-0.3, -0.25) is 0 Å². The number of alkyl halides is 1. The predicted octanol–water partition coefficient (Wildman–Crippen LogP) is 1.82. The summed E-state index contributed by atoms with van der Waals surface area (Å²) >= 11 is 5.49. The van der Waals surface area contributed by atoms with E-state index in [1.54, 1.807) is 4.31 Å². The van der Waals surface area contributed by atoms with Gasteiger partial charge in [-0.1, -0.05) is 6.42 Å². The van der Waals surface area contributed by atoms with Gasteiger partial charge in [-0.05, 0) is 26.7 Å². The molecule has 0 aromatic rings. The summed E-state index contributed by atoms with van der Waals surface area (Å²) in [5, 5.41) is 0. The van der Waals surface area contributed by atoms with E-state index in [9.17, 15) is 8.42 Å². The summed E-state index contributed by atoms with van der Waals surface area (Å²) in [6.07, 6.45) is 3.05. The van der Waals surface area contributed by atoms with E-state index in [1.807, 2.05) is 13.8 Å². The van der Waals surface area contributed by atoms with Gasteiger partial charge in [0.1, 0.15) is 0 Å². The molecule has 0 bridgehead atoms. The molecule has 0 unspecified atom stereocenters. The van der Waals surface area contributed by atoms with E-state index >= 15 is 0 Å². The van der Waals surface area contributed by atoms with Crippen molar-refractivity contribution in [1.29, 1.82) is 0 Å². The first kappa shape index (κ1) is 12.3. The Morgan fingerprint density at radius 3 is 2.21 bits per heavy atom. The van der Waals surface area contributed by atoms with Crippen molar-refractivity contribution in [3.8, 4) is 0 Å². The highest BCUT2D eigenvalue weighted by molar-refractivity contribution is 7.89. The highest BCUT2D eigenvalue weighted by Gasteiger charge is 2.33. The van der Waals surface area contributed by atoms with Crippen molar-refractivity contribution in [1.82, 2.24) is 4.31 Å². The van der Waals surface area contributed by atoms with Gasteiger partial charge in [0.15, 0.2) is 0 Å². The summed E-state index contributed by atoms with van der Waals surface area (Å²) in [7, 11) is -3.13. The van der Waals surface area contributed by atoms with Crippen LogP contribution in [-0.2, 0) is 10.0 Å². The first-order valence-corrected chi connectivity index (χ1v) is 7.20. The average Bonchev–Trinajstić information content (AvgIpc) is 2.02. The molecule has 0 aliphatic carbocycles. The van der Waals surface area contributed by atoms with Gasteiger partial charge < -0.3 is 0 Å². The van der Waals surface area contributed by atoms with Crippen molar-refractivity contribution >= 4 is 21.6 Å². The molecule has 0 aromatic heterocycles. The molecule has 0 amide bonds. The Balaban J connectivity index is 2.82. The van der Waals surface area contributed by atoms with Gasteiger partial charge in [0.05, 0.1) is 5.75 Å². The lowest BCUT2D eigenvalue weighted by Gasteiger charge is -2.37. The second-order valence-electron chi connectivity index (χ2n) is 3.96. The number of nitrogens with zero attached hydrogens (tertiary/aromatic N) is 1. The molecule has 1 fully saturated rings. The zero-order valence-electron chi connectivity index (χ0n) is 8.74. The Labute approximate surface area is 91.5 Å². The Morgan fingerprint density at radius 2 is 1.79 bits per heavy atom. The molecule has 0 radical (unpaired) electrons. The third-order valence-corrected chi connectivity index (χ3v) is 5.26. The first-order valence-electron chi connectivity index (χ1n) is 5.06. The summed E-state index contributed by atoms with van der Waals surface area (Å²) in [5.74, 6) is 0.238. The van der Waals surface area contributed by atoms with Crippen LogP contribution in [0.4, 0.5) is 0 Å². The first-order chi connectivity index (χ1) is 6.49. The largest absolute Gasteiger partial charge is 0.215 e. The molecular weight excluding hydrogens is 222 g/mol. The van der Waals surface area contributed by atoms with Crippen molar-refractivity contribution in [2.75, 3.05) is 11.6 Å². The zero-order valence-corrected chi connectivity index (χ0v) is 10.3. The fourth-order valence-electron chi connectivity index (χ4n) is 2.15. The van der Waals surface area contributed by atoms with Gasteiger partial charge in [0.2, 0.25) is 10.0 Å². The highest BCUT2D eigenvalue weighted by Crippen LogP contribution is 2.25. The van der Waals surface area contributed by atoms with Crippen molar-refractivity contribution < 1.29 is 8.42 Å². The number of hydrogen-bond acceptors (Lipinski definition) is 2. The van der Waals surface area contributed by atoms with Gasteiger partial charge >= 0.3 is 0 Å². The lowest BCUT2D eigenvalue weighted by molar-refractivity contribution is 0.204. The normalized spacial score (nSPS) is 30.5. The minimum Gasteiger partial charge on any atom is -0.212 e. The fourth-order valence-corrected chi connectivity index (χ4v) is 4.45. The molecule has 0 N–H and O–H groups in total. The molecule has 1 aliphatic rings. The van der Waals surface area contributed by atoms with Crippen molar-refractivity contribution in [2.24, 2.45) is 0 Å². The molecule has 1 aliphatic heterocycles. The van der Waals surface area contributed by atoms with Crippen LogP contribution in [0.3, 0.4) is 0 Å². The summed E-state index contributed by atoms with van der Waals surface area (Å²) in [6.45, 7) is 3.95. The predicted molar refractivity (Wildman–Crippen MR) is 59.1 cm³/mol. The molecule has 2 atom stereocenters. The van der Waals surface area contributed by atoms with Crippen LogP contribution < -0.4 is 0 Å². The maximum atomic E-state index is 11.8. The van der Waals surface area contributed by atoms with Gasteiger partial charge in [0.25, 0.3) is 0 Å². The summed E-state index contributed by atoms with van der Waals surface area (Å²) < 4.78 is 25.3. The van der Waals surface area contributed by atoms with Crippen LogP contribution in [0.2, 0.25) is 0 Å². The van der Waals surface area contributed by atoms with Crippen LogP contribution in [-0.4, -0.2) is 36.4 Å². The zero-order chi connectivity index (χ0) is 10.8. The van der Waals surface area contributed by atoms with Crippen LogP contribution in [0.5, 0.6) is 0 Å². The van der Waals surface area contributed by atoms with E-state index in [0.29, 0.717) is 0 Å². The molecule has 3 nitrogen and oxygen atoms in total. The lowest BCUT2D eigenvalue weighted by atomic mass is 10.0. The molecule has 0 saturated carbocycles. The van der Waals surface area contributed by atoms with Crippen LogP contribution in [0.1, 0.15) is 33.1 Å². The number of hydrogen-bond donors (Lipinski definition) is 0. The average molecular weight is 240 g/mol. The van der Waals surface area contributed by atoms with Crippen LogP contribution in [0.25, 0.3) is 0 Å². The van der Waals surface area contributed by atoms with Crippen molar-refractivity contribution in [3.63, 3.8) is 0 Å². The maximum Gasteiger partial charge on any atom is 0.215 e. The maximum absolute atomic E-state index is 11.8. The summed E-state index contributed by atoms with van der Waals surface area (Å²) in [4.78, 5) is 0. The Morgan fingerprint density at radius 1 is 1.29 bits per heavy atom. The Bertz CT molecular complexity index is 269. The van der Waals surface area contributed by atoms with E-state index in [1.165, 1.54) is 0 Å². The van der Waals surface area contributed by atoms with Gasteiger partial charge in [0, 0.05) is 18.0 Å². The Hall–Kier alpha value is 0.200. The fraction of sp³-hybridized carbons (Fsp3) is 1.00. The van der Waals surface area contributed by atoms with E-state index in [-0.39, 0.29) is 23.7 Å². The topological polar surface area (TPSA) is 37.4 Å². The smallest absolute Gasteiger partial charge is 0.212 e. The molecule has 1 rings (SSSR count). The minimum atomic E-state index is -3.13.